The quantitative estimate of drug-likeness (QED) is 0.497. The first-order valence-electron chi connectivity index (χ1n) is 8.92. The highest BCUT2D eigenvalue weighted by Gasteiger charge is 2.20. The number of nitrogens with one attached hydrogen (secondary N) is 1. The van der Waals surface area contributed by atoms with E-state index in [9.17, 15) is 13.2 Å². The zero-order chi connectivity index (χ0) is 21.4. The number of anilines is 1. The summed E-state index contributed by atoms with van der Waals surface area (Å²) in [6.07, 6.45) is 1.04. The first kappa shape index (κ1) is 22.2. The molecule has 0 radical (unpaired) electrons. The summed E-state index contributed by atoms with van der Waals surface area (Å²) in [4.78, 5) is 12.3. The molecule has 0 spiro atoms. The van der Waals surface area contributed by atoms with Crippen LogP contribution >= 0.6 is 0 Å². The predicted octanol–water partition coefficient (Wildman–Crippen LogP) is 2.40. The summed E-state index contributed by atoms with van der Waals surface area (Å²) in [7, 11) is -2.09. The van der Waals surface area contributed by atoms with E-state index in [0.717, 1.165) is 16.1 Å². The van der Waals surface area contributed by atoms with Crippen molar-refractivity contribution < 1.29 is 22.7 Å². The van der Waals surface area contributed by atoms with E-state index in [4.69, 9.17) is 9.47 Å². The van der Waals surface area contributed by atoms with Crippen molar-refractivity contribution in [2.45, 2.75) is 13.8 Å². The second kappa shape index (κ2) is 9.92. The number of hydrogen-bond donors (Lipinski definition) is 1. The van der Waals surface area contributed by atoms with Gasteiger partial charge in [-0.2, -0.15) is 5.10 Å². The third-order valence-corrected chi connectivity index (χ3v) is 5.12. The Morgan fingerprint density at radius 1 is 1.07 bits per heavy atom. The Kier molecular flexibility index (Phi) is 7.60. The largest absolute Gasteiger partial charge is 0.497 e. The minimum atomic E-state index is -3.67. The Balaban J connectivity index is 2.09. The van der Waals surface area contributed by atoms with Gasteiger partial charge in [-0.25, -0.2) is 13.8 Å². The number of ether oxygens (including phenoxy) is 2. The average Bonchev–Trinajstić information content (AvgIpc) is 2.70. The Labute approximate surface area is 171 Å². The summed E-state index contributed by atoms with van der Waals surface area (Å²) >= 11 is 0. The van der Waals surface area contributed by atoms with Gasteiger partial charge >= 0.3 is 0 Å². The summed E-state index contributed by atoms with van der Waals surface area (Å²) in [6.45, 7) is 3.70. The van der Waals surface area contributed by atoms with Crippen molar-refractivity contribution in [3.05, 3.63) is 54.1 Å². The molecule has 0 saturated carbocycles. The number of sulfonamides is 1. The molecular formula is C20H25N3O5S. The van der Waals surface area contributed by atoms with Crippen molar-refractivity contribution in [2.24, 2.45) is 5.10 Å². The van der Waals surface area contributed by atoms with Crippen LogP contribution in [0.1, 0.15) is 19.4 Å². The van der Waals surface area contributed by atoms with Crippen LogP contribution in [0.2, 0.25) is 0 Å². The third-order valence-electron chi connectivity index (χ3n) is 3.98. The van der Waals surface area contributed by atoms with Crippen LogP contribution in [0.3, 0.4) is 0 Å². The van der Waals surface area contributed by atoms with Gasteiger partial charge in [0.1, 0.15) is 18.0 Å². The second-order valence-electron chi connectivity index (χ2n) is 6.16. The van der Waals surface area contributed by atoms with E-state index in [1.807, 2.05) is 19.1 Å². The van der Waals surface area contributed by atoms with Crippen molar-refractivity contribution in [3.63, 3.8) is 0 Å². The summed E-state index contributed by atoms with van der Waals surface area (Å²) in [5.41, 5.74) is 4.14. The Bertz CT molecular complexity index is 955. The van der Waals surface area contributed by atoms with Crippen LogP contribution < -0.4 is 19.2 Å². The molecule has 0 atom stereocenters. The summed E-state index contributed by atoms with van der Waals surface area (Å²) in [5.74, 6) is 0.774. The van der Waals surface area contributed by atoms with Crippen LogP contribution in [0.15, 0.2) is 53.6 Å². The average molecular weight is 420 g/mol. The van der Waals surface area contributed by atoms with Crippen LogP contribution in [0.4, 0.5) is 5.69 Å². The minimum Gasteiger partial charge on any atom is -0.497 e. The van der Waals surface area contributed by atoms with Gasteiger partial charge in [0.05, 0.1) is 31.4 Å². The maximum Gasteiger partial charge on any atom is 0.260 e. The molecule has 0 saturated heterocycles. The minimum absolute atomic E-state index is 0.363. The Hall–Kier alpha value is -3.07. The molecule has 8 nitrogen and oxygen atoms in total. The summed E-state index contributed by atoms with van der Waals surface area (Å²) < 4.78 is 35.8. The number of benzene rings is 2. The highest BCUT2D eigenvalue weighted by atomic mass is 32.2. The molecule has 9 heteroatoms. The summed E-state index contributed by atoms with van der Waals surface area (Å²) in [6, 6.07) is 13.7. The molecule has 2 aromatic carbocycles. The standard InChI is InChI=1S/C20H25N3O5S/c1-5-28-19-12-8-17(9-13-19)23(29(4,25)26)14-20(24)22-21-15(2)16-6-10-18(27-3)11-7-16/h6-13H,5,14H2,1-4H3,(H,22,24)/b21-15-. The number of carbonyl (C=O) groups is 1. The SMILES string of the molecule is CCOc1ccc(N(CC(=O)N/N=C(/C)c2ccc(OC)cc2)S(C)(=O)=O)cc1. The zero-order valence-electron chi connectivity index (χ0n) is 16.9. The van der Waals surface area contributed by atoms with E-state index in [1.165, 1.54) is 0 Å². The molecule has 0 aliphatic rings. The molecular weight excluding hydrogens is 394 g/mol. The monoisotopic (exact) mass is 419 g/mol. The highest BCUT2D eigenvalue weighted by molar-refractivity contribution is 7.92. The van der Waals surface area contributed by atoms with Crippen LogP contribution in [0, 0.1) is 0 Å². The number of methoxy groups -OCH3 is 1. The van der Waals surface area contributed by atoms with Crippen LogP contribution in [-0.4, -0.2) is 46.6 Å². The lowest BCUT2D eigenvalue weighted by atomic mass is 10.1. The molecule has 0 aromatic heterocycles. The first-order valence-corrected chi connectivity index (χ1v) is 10.8. The van der Waals surface area contributed by atoms with E-state index in [1.54, 1.807) is 50.4 Å². The van der Waals surface area contributed by atoms with Gasteiger partial charge in [-0.05, 0) is 67.9 Å². The normalized spacial score (nSPS) is 11.7. The van der Waals surface area contributed by atoms with Gasteiger partial charge in [-0.3, -0.25) is 9.10 Å². The molecule has 0 heterocycles. The fourth-order valence-corrected chi connectivity index (χ4v) is 3.34. The number of rotatable bonds is 9. The topological polar surface area (TPSA) is 97.3 Å². The van der Waals surface area contributed by atoms with E-state index in [2.05, 4.69) is 10.5 Å². The number of hydrogen-bond acceptors (Lipinski definition) is 6. The van der Waals surface area contributed by atoms with Gasteiger partial charge in [0.15, 0.2) is 0 Å². The lowest BCUT2D eigenvalue weighted by Gasteiger charge is -2.21. The lowest BCUT2D eigenvalue weighted by Crippen LogP contribution is -2.39. The zero-order valence-corrected chi connectivity index (χ0v) is 17.7. The van der Waals surface area contributed by atoms with Crippen molar-refractivity contribution in [3.8, 4) is 11.5 Å². The van der Waals surface area contributed by atoms with Crippen molar-refractivity contribution in [2.75, 3.05) is 30.8 Å². The van der Waals surface area contributed by atoms with E-state index in [-0.39, 0.29) is 0 Å². The van der Waals surface area contributed by atoms with Crippen LogP contribution in [0.25, 0.3) is 0 Å². The number of nitrogens with zero attached hydrogens (tertiary/aromatic N) is 2. The van der Waals surface area contributed by atoms with E-state index in [0.29, 0.717) is 29.5 Å². The van der Waals surface area contributed by atoms with Crippen molar-refractivity contribution in [1.29, 1.82) is 0 Å². The molecule has 29 heavy (non-hydrogen) atoms. The Morgan fingerprint density at radius 3 is 2.17 bits per heavy atom. The molecule has 0 aliphatic heterocycles. The molecule has 0 aliphatic carbocycles. The molecule has 2 aromatic rings. The van der Waals surface area contributed by atoms with Gasteiger partial charge < -0.3 is 9.47 Å². The number of carbonyl (C=O) groups excluding carboxylic acids is 1. The van der Waals surface area contributed by atoms with E-state index >= 15 is 0 Å². The van der Waals surface area contributed by atoms with Gasteiger partial charge in [-0.1, -0.05) is 0 Å². The van der Waals surface area contributed by atoms with Gasteiger partial charge in [0.25, 0.3) is 5.91 Å². The Morgan fingerprint density at radius 2 is 1.66 bits per heavy atom. The molecule has 0 unspecified atom stereocenters. The fourth-order valence-electron chi connectivity index (χ4n) is 2.48. The molecule has 156 valence electrons. The number of hydrazone groups is 1. The predicted molar refractivity (Wildman–Crippen MR) is 113 cm³/mol. The van der Waals surface area contributed by atoms with Crippen molar-refractivity contribution >= 4 is 27.3 Å². The van der Waals surface area contributed by atoms with Gasteiger partial charge in [-0.15, -0.1) is 0 Å². The van der Waals surface area contributed by atoms with Gasteiger partial charge in [0, 0.05) is 0 Å². The fraction of sp³-hybridized carbons (Fsp3) is 0.300. The maximum absolute atomic E-state index is 12.3. The van der Waals surface area contributed by atoms with Gasteiger partial charge in [0.2, 0.25) is 10.0 Å². The highest BCUT2D eigenvalue weighted by Crippen LogP contribution is 2.21. The molecule has 0 fully saturated rings. The third kappa shape index (κ3) is 6.49. The molecule has 0 bridgehead atoms. The van der Waals surface area contributed by atoms with Crippen LogP contribution in [-0.2, 0) is 14.8 Å². The smallest absolute Gasteiger partial charge is 0.260 e. The first-order chi connectivity index (χ1) is 13.7. The molecule has 2 rings (SSSR count). The second-order valence-corrected chi connectivity index (χ2v) is 8.06. The number of amides is 1. The maximum atomic E-state index is 12.3. The van der Waals surface area contributed by atoms with Crippen LogP contribution in [0.5, 0.6) is 11.5 Å². The van der Waals surface area contributed by atoms with Crippen molar-refractivity contribution in [1.82, 2.24) is 5.43 Å². The lowest BCUT2D eigenvalue weighted by molar-refractivity contribution is -0.119. The van der Waals surface area contributed by atoms with E-state index < -0.39 is 22.5 Å². The molecule has 1 amide bonds. The summed E-state index contributed by atoms with van der Waals surface area (Å²) in [5, 5.41) is 4.05. The molecule has 1 N–H and O–H groups in total.